The predicted octanol–water partition coefficient (Wildman–Crippen LogP) is 5.08. The van der Waals surface area contributed by atoms with Crippen molar-refractivity contribution in [3.05, 3.63) is 60.2 Å². The van der Waals surface area contributed by atoms with Gasteiger partial charge in [0.2, 0.25) is 0 Å². The summed E-state index contributed by atoms with van der Waals surface area (Å²) < 4.78 is 0. The average Bonchev–Trinajstić information content (AvgIpc) is 2.46. The summed E-state index contributed by atoms with van der Waals surface area (Å²) >= 11 is 0. The predicted molar refractivity (Wildman–Crippen MR) is 88.2 cm³/mol. The van der Waals surface area contributed by atoms with Gasteiger partial charge >= 0.3 is 0 Å². The lowest BCUT2D eigenvalue weighted by Crippen LogP contribution is -1.77. The van der Waals surface area contributed by atoms with Crippen molar-refractivity contribution >= 4 is 21.5 Å². The van der Waals surface area contributed by atoms with Crippen LogP contribution < -0.4 is 0 Å². The lowest BCUT2D eigenvalue weighted by atomic mass is 10.0. The molecule has 1 N–H and O–H groups in total. The molecule has 104 valence electrons. The number of hydrogen-bond acceptors (Lipinski definition) is 1. The Hall–Kier alpha value is -1.86. The lowest BCUT2D eigenvalue weighted by Gasteiger charge is -2.02. The smallest absolute Gasteiger partial charge is 0.0430 e. The standard InChI is InChI=1S/C15H12.C4H10O/c1-11-6-7-14-9-12-4-2-3-5-13(12)10-15(14)8-11;1-2-3-4-5/h2-10H,1H3;5H,2-4H2,1H3. The van der Waals surface area contributed by atoms with Gasteiger partial charge in [0.15, 0.2) is 0 Å². The highest BCUT2D eigenvalue weighted by atomic mass is 16.2. The van der Waals surface area contributed by atoms with Gasteiger partial charge in [-0.05, 0) is 47.0 Å². The van der Waals surface area contributed by atoms with Crippen molar-refractivity contribution in [1.82, 2.24) is 0 Å². The van der Waals surface area contributed by atoms with Gasteiger partial charge in [0.05, 0.1) is 0 Å². The van der Waals surface area contributed by atoms with Crippen LogP contribution in [0, 0.1) is 6.92 Å². The summed E-state index contributed by atoms with van der Waals surface area (Å²) in [6.07, 6.45) is 2.04. The minimum Gasteiger partial charge on any atom is -0.396 e. The van der Waals surface area contributed by atoms with Crippen molar-refractivity contribution < 1.29 is 5.11 Å². The van der Waals surface area contributed by atoms with E-state index >= 15 is 0 Å². The number of aliphatic hydroxyl groups excluding tert-OH is 1. The van der Waals surface area contributed by atoms with Gasteiger partial charge in [0, 0.05) is 6.61 Å². The van der Waals surface area contributed by atoms with E-state index < -0.39 is 0 Å². The SMILES string of the molecule is CCCCO.Cc1ccc2cc3ccccc3cc2c1. The molecule has 0 atom stereocenters. The van der Waals surface area contributed by atoms with Crippen LogP contribution in [-0.4, -0.2) is 11.7 Å². The van der Waals surface area contributed by atoms with E-state index in [1.165, 1.54) is 27.1 Å². The first-order valence-corrected chi connectivity index (χ1v) is 7.24. The van der Waals surface area contributed by atoms with E-state index in [1.54, 1.807) is 0 Å². The Morgan fingerprint density at radius 3 is 1.95 bits per heavy atom. The maximum Gasteiger partial charge on any atom is 0.0430 e. The highest BCUT2D eigenvalue weighted by Gasteiger charge is 1.97. The highest BCUT2D eigenvalue weighted by molar-refractivity contribution is 5.98. The van der Waals surface area contributed by atoms with Gasteiger partial charge in [0.25, 0.3) is 0 Å². The van der Waals surface area contributed by atoms with Gasteiger partial charge in [-0.15, -0.1) is 0 Å². The second-order valence-electron chi connectivity index (χ2n) is 5.13. The molecule has 0 bridgehead atoms. The van der Waals surface area contributed by atoms with Crippen LogP contribution in [0.3, 0.4) is 0 Å². The van der Waals surface area contributed by atoms with Crippen LogP contribution in [0.5, 0.6) is 0 Å². The summed E-state index contributed by atoms with van der Waals surface area (Å²) in [4.78, 5) is 0. The van der Waals surface area contributed by atoms with Crippen LogP contribution in [0.25, 0.3) is 21.5 Å². The zero-order chi connectivity index (χ0) is 14.4. The Bertz CT molecular complexity index is 683. The maximum atomic E-state index is 8.07. The molecular weight excluding hydrogens is 244 g/mol. The summed E-state index contributed by atoms with van der Waals surface area (Å²) in [5, 5.41) is 13.3. The molecule has 20 heavy (non-hydrogen) atoms. The fraction of sp³-hybridized carbons (Fsp3) is 0.263. The minimum atomic E-state index is 0.344. The molecule has 0 spiro atoms. The van der Waals surface area contributed by atoms with Gasteiger partial charge in [-0.3, -0.25) is 0 Å². The van der Waals surface area contributed by atoms with Crippen LogP contribution in [0.1, 0.15) is 25.3 Å². The van der Waals surface area contributed by atoms with Gasteiger partial charge in [-0.1, -0.05) is 61.4 Å². The van der Waals surface area contributed by atoms with E-state index in [0.717, 1.165) is 12.8 Å². The van der Waals surface area contributed by atoms with E-state index in [2.05, 4.69) is 68.4 Å². The summed E-state index contributed by atoms with van der Waals surface area (Å²) in [6, 6.07) is 19.6. The van der Waals surface area contributed by atoms with E-state index in [9.17, 15) is 0 Å². The van der Waals surface area contributed by atoms with Gasteiger partial charge in [0.1, 0.15) is 0 Å². The highest BCUT2D eigenvalue weighted by Crippen LogP contribution is 2.23. The molecular formula is C19H22O. The molecule has 0 aliphatic heterocycles. The van der Waals surface area contributed by atoms with Crippen molar-refractivity contribution in [3.63, 3.8) is 0 Å². The fourth-order valence-corrected chi connectivity index (χ4v) is 2.22. The van der Waals surface area contributed by atoms with Crippen molar-refractivity contribution in [2.24, 2.45) is 0 Å². The van der Waals surface area contributed by atoms with Gasteiger partial charge < -0.3 is 5.11 Å². The third-order valence-electron chi connectivity index (χ3n) is 3.37. The third kappa shape index (κ3) is 3.58. The van der Waals surface area contributed by atoms with Gasteiger partial charge in [-0.2, -0.15) is 0 Å². The van der Waals surface area contributed by atoms with Crippen LogP contribution in [0.2, 0.25) is 0 Å². The van der Waals surface area contributed by atoms with Crippen molar-refractivity contribution in [3.8, 4) is 0 Å². The lowest BCUT2D eigenvalue weighted by molar-refractivity contribution is 0.287. The van der Waals surface area contributed by atoms with Crippen LogP contribution in [-0.2, 0) is 0 Å². The quantitative estimate of drug-likeness (QED) is 0.641. The summed E-state index contributed by atoms with van der Waals surface area (Å²) in [6.45, 7) is 4.53. The third-order valence-corrected chi connectivity index (χ3v) is 3.37. The number of rotatable bonds is 2. The maximum absolute atomic E-state index is 8.07. The normalized spacial score (nSPS) is 10.3. The van der Waals surface area contributed by atoms with Crippen molar-refractivity contribution in [2.45, 2.75) is 26.7 Å². The van der Waals surface area contributed by atoms with E-state index in [1.807, 2.05) is 0 Å². The van der Waals surface area contributed by atoms with Crippen LogP contribution in [0.4, 0.5) is 0 Å². The van der Waals surface area contributed by atoms with Gasteiger partial charge in [-0.25, -0.2) is 0 Å². The monoisotopic (exact) mass is 266 g/mol. The zero-order valence-electron chi connectivity index (χ0n) is 12.3. The second kappa shape index (κ2) is 7.06. The Morgan fingerprint density at radius 2 is 1.40 bits per heavy atom. The Morgan fingerprint density at radius 1 is 0.800 bits per heavy atom. The number of benzene rings is 3. The van der Waals surface area contributed by atoms with Crippen molar-refractivity contribution in [2.75, 3.05) is 6.61 Å². The van der Waals surface area contributed by atoms with E-state index in [-0.39, 0.29) is 0 Å². The molecule has 0 aromatic heterocycles. The molecule has 0 fully saturated rings. The molecule has 0 aliphatic rings. The molecule has 0 heterocycles. The molecule has 0 unspecified atom stereocenters. The van der Waals surface area contributed by atoms with Crippen molar-refractivity contribution in [1.29, 1.82) is 0 Å². The first-order chi connectivity index (χ1) is 9.74. The molecule has 3 aromatic carbocycles. The van der Waals surface area contributed by atoms with E-state index in [0.29, 0.717) is 6.61 Å². The number of hydrogen-bond donors (Lipinski definition) is 1. The minimum absolute atomic E-state index is 0.344. The summed E-state index contributed by atoms with van der Waals surface area (Å²) in [5.74, 6) is 0. The Labute approximate surface area is 120 Å². The Kier molecular flexibility index (Phi) is 5.14. The van der Waals surface area contributed by atoms with Crippen LogP contribution in [0.15, 0.2) is 54.6 Å². The molecule has 0 saturated heterocycles. The molecule has 0 aliphatic carbocycles. The first kappa shape index (κ1) is 14.5. The molecule has 0 amide bonds. The largest absolute Gasteiger partial charge is 0.396 e. The topological polar surface area (TPSA) is 20.2 Å². The summed E-state index contributed by atoms with van der Waals surface area (Å²) in [5.41, 5.74) is 1.32. The summed E-state index contributed by atoms with van der Waals surface area (Å²) in [7, 11) is 0. The fourth-order valence-electron chi connectivity index (χ4n) is 2.22. The number of aliphatic hydroxyl groups is 1. The molecule has 1 heteroatoms. The van der Waals surface area contributed by atoms with Crippen LogP contribution >= 0.6 is 0 Å². The number of unbranched alkanes of at least 4 members (excludes halogenated alkanes) is 1. The molecule has 0 radical (unpaired) electrons. The first-order valence-electron chi connectivity index (χ1n) is 7.24. The molecule has 1 nitrogen and oxygen atoms in total. The number of aryl methyl sites for hydroxylation is 1. The van der Waals surface area contributed by atoms with E-state index in [4.69, 9.17) is 5.11 Å². The average molecular weight is 266 g/mol. The molecule has 3 rings (SSSR count). The Balaban J connectivity index is 0.000000257. The zero-order valence-corrected chi connectivity index (χ0v) is 12.3. The second-order valence-corrected chi connectivity index (χ2v) is 5.13. The molecule has 3 aromatic rings. The molecule has 0 saturated carbocycles. The number of fused-ring (bicyclic) bond motifs is 2.